The minimum atomic E-state index is 0. The molecule has 0 saturated heterocycles. The number of nitrogens with zero attached hydrogens (tertiary/aromatic N) is 3. The summed E-state index contributed by atoms with van der Waals surface area (Å²) in [6.07, 6.45) is 0. The number of anilines is 1. The van der Waals surface area contributed by atoms with E-state index in [0.29, 0.717) is 23.7 Å². The molecule has 26 heavy (non-hydrogen) atoms. The Morgan fingerprint density at radius 1 is 1.19 bits per heavy atom. The van der Waals surface area contributed by atoms with E-state index in [0.717, 1.165) is 16.9 Å². The van der Waals surface area contributed by atoms with Gasteiger partial charge in [-0.15, -0.1) is 24.0 Å². The first kappa shape index (κ1) is 19.8. The summed E-state index contributed by atoms with van der Waals surface area (Å²) in [6, 6.07) is 13.4. The van der Waals surface area contributed by atoms with Crippen molar-refractivity contribution in [2.75, 3.05) is 19.5 Å². The average Bonchev–Trinajstić information content (AvgIpc) is 2.96. The molecule has 0 fully saturated rings. The van der Waals surface area contributed by atoms with Crippen LogP contribution in [-0.2, 0) is 13.6 Å². The molecule has 0 spiro atoms. The molecule has 7 nitrogen and oxygen atoms in total. The zero-order valence-corrected chi connectivity index (χ0v) is 17.2. The van der Waals surface area contributed by atoms with Crippen LogP contribution in [0.25, 0.3) is 11.0 Å². The molecule has 3 aromatic rings. The summed E-state index contributed by atoms with van der Waals surface area (Å²) in [5.41, 5.74) is 8.71. The highest BCUT2D eigenvalue weighted by Gasteiger charge is 2.08. The lowest BCUT2D eigenvalue weighted by Crippen LogP contribution is -2.23. The monoisotopic (exact) mass is 467 g/mol. The summed E-state index contributed by atoms with van der Waals surface area (Å²) >= 11 is 0. The molecule has 1 aromatic heterocycles. The van der Waals surface area contributed by atoms with Gasteiger partial charge < -0.3 is 25.1 Å². The molecule has 0 unspecified atom stereocenters. The number of hydrogen-bond donors (Lipinski definition) is 2. The highest BCUT2D eigenvalue weighted by atomic mass is 127. The van der Waals surface area contributed by atoms with Crippen LogP contribution in [-0.4, -0.2) is 29.7 Å². The van der Waals surface area contributed by atoms with Crippen LogP contribution in [0.15, 0.2) is 47.5 Å². The Labute approximate surface area is 169 Å². The lowest BCUT2D eigenvalue weighted by molar-refractivity contribution is 0.405. The Kier molecular flexibility index (Phi) is 6.67. The fourth-order valence-corrected chi connectivity index (χ4v) is 2.58. The maximum Gasteiger partial charge on any atom is 0.193 e. The molecule has 2 aromatic carbocycles. The smallest absolute Gasteiger partial charge is 0.193 e. The highest BCUT2D eigenvalue weighted by molar-refractivity contribution is 14.0. The topological polar surface area (TPSA) is 86.7 Å². The number of para-hydroxylation sites is 2. The average molecular weight is 467 g/mol. The Bertz CT molecular complexity index is 923. The van der Waals surface area contributed by atoms with Crippen molar-refractivity contribution >= 4 is 46.7 Å². The van der Waals surface area contributed by atoms with Crippen LogP contribution in [0.1, 0.15) is 5.82 Å². The number of nitrogens with two attached hydrogens (primary N) is 1. The third-order valence-corrected chi connectivity index (χ3v) is 3.94. The van der Waals surface area contributed by atoms with Gasteiger partial charge in [-0.2, -0.15) is 0 Å². The number of imidazole rings is 1. The van der Waals surface area contributed by atoms with Gasteiger partial charge in [-0.05, 0) is 24.3 Å². The number of methoxy groups -OCH3 is 2. The second kappa shape index (κ2) is 8.75. The van der Waals surface area contributed by atoms with Crippen molar-refractivity contribution < 1.29 is 9.47 Å². The normalized spacial score (nSPS) is 11.1. The number of nitrogens with one attached hydrogen (secondary N) is 1. The summed E-state index contributed by atoms with van der Waals surface area (Å²) in [5, 5.41) is 3.05. The standard InChI is InChI=1S/C18H21N5O2.HI/c1-23-15-7-5-4-6-13(15)21-17(23)11-20-18(19)22-14-10-12(24-2)8-9-16(14)25-3;/h4-10H,11H2,1-3H3,(H3,19,20,22);1H. The van der Waals surface area contributed by atoms with E-state index in [-0.39, 0.29) is 29.9 Å². The number of hydrogen-bond acceptors (Lipinski definition) is 4. The predicted octanol–water partition coefficient (Wildman–Crippen LogP) is 3.14. The molecule has 0 atom stereocenters. The molecule has 0 saturated carbocycles. The Morgan fingerprint density at radius 2 is 1.96 bits per heavy atom. The number of ether oxygens (including phenoxy) is 2. The number of rotatable bonds is 5. The van der Waals surface area contributed by atoms with E-state index in [1.807, 2.05) is 41.9 Å². The summed E-state index contributed by atoms with van der Waals surface area (Å²) in [5.74, 6) is 2.47. The van der Waals surface area contributed by atoms with Gasteiger partial charge >= 0.3 is 0 Å². The molecule has 8 heteroatoms. The lowest BCUT2D eigenvalue weighted by Gasteiger charge is -2.12. The van der Waals surface area contributed by atoms with Gasteiger partial charge in [-0.1, -0.05) is 12.1 Å². The van der Waals surface area contributed by atoms with Crippen molar-refractivity contribution in [2.24, 2.45) is 17.8 Å². The van der Waals surface area contributed by atoms with E-state index in [4.69, 9.17) is 15.2 Å². The maximum absolute atomic E-state index is 6.02. The molecule has 0 aliphatic heterocycles. The van der Waals surface area contributed by atoms with Gasteiger partial charge in [0.15, 0.2) is 5.96 Å². The van der Waals surface area contributed by atoms with Crippen molar-refractivity contribution in [2.45, 2.75) is 6.54 Å². The zero-order chi connectivity index (χ0) is 17.8. The fraction of sp³-hybridized carbons (Fsp3) is 0.222. The maximum atomic E-state index is 6.02. The molecular weight excluding hydrogens is 445 g/mol. The molecular formula is C18H22IN5O2. The fourth-order valence-electron chi connectivity index (χ4n) is 2.58. The molecule has 1 heterocycles. The first-order chi connectivity index (χ1) is 12.1. The van der Waals surface area contributed by atoms with Crippen LogP contribution in [0.3, 0.4) is 0 Å². The van der Waals surface area contributed by atoms with E-state index in [1.54, 1.807) is 26.4 Å². The van der Waals surface area contributed by atoms with Gasteiger partial charge in [0.1, 0.15) is 23.9 Å². The van der Waals surface area contributed by atoms with E-state index in [1.165, 1.54) is 0 Å². The summed E-state index contributed by atoms with van der Waals surface area (Å²) in [4.78, 5) is 8.96. The zero-order valence-electron chi connectivity index (χ0n) is 14.9. The van der Waals surface area contributed by atoms with Crippen LogP contribution >= 0.6 is 24.0 Å². The molecule has 0 bridgehead atoms. The summed E-state index contributed by atoms with van der Waals surface area (Å²) in [6.45, 7) is 0.371. The third kappa shape index (κ3) is 4.18. The van der Waals surface area contributed by atoms with Gasteiger partial charge in [0.2, 0.25) is 0 Å². The largest absolute Gasteiger partial charge is 0.497 e. The van der Waals surface area contributed by atoms with Crippen molar-refractivity contribution in [1.82, 2.24) is 9.55 Å². The number of guanidine groups is 1. The molecule has 0 aliphatic rings. The van der Waals surface area contributed by atoms with Crippen LogP contribution in [0, 0.1) is 0 Å². The van der Waals surface area contributed by atoms with Crippen LogP contribution in [0.4, 0.5) is 5.69 Å². The SMILES string of the molecule is COc1ccc(OC)c(NC(N)=NCc2nc3ccccc3n2C)c1.I. The molecule has 0 radical (unpaired) electrons. The first-order valence-electron chi connectivity index (χ1n) is 7.81. The quantitative estimate of drug-likeness (QED) is 0.342. The minimum Gasteiger partial charge on any atom is -0.497 e. The molecule has 3 N–H and O–H groups in total. The van der Waals surface area contributed by atoms with E-state index < -0.39 is 0 Å². The molecule has 0 amide bonds. The lowest BCUT2D eigenvalue weighted by atomic mass is 10.2. The molecule has 138 valence electrons. The second-order valence-corrected chi connectivity index (χ2v) is 5.47. The van der Waals surface area contributed by atoms with E-state index in [9.17, 15) is 0 Å². The van der Waals surface area contributed by atoms with E-state index >= 15 is 0 Å². The first-order valence-corrected chi connectivity index (χ1v) is 7.81. The van der Waals surface area contributed by atoms with E-state index in [2.05, 4.69) is 15.3 Å². The predicted molar refractivity (Wildman–Crippen MR) is 115 cm³/mol. The van der Waals surface area contributed by atoms with Gasteiger partial charge in [0.25, 0.3) is 0 Å². The number of aryl methyl sites for hydroxylation is 1. The van der Waals surface area contributed by atoms with Crippen molar-refractivity contribution in [1.29, 1.82) is 0 Å². The van der Waals surface area contributed by atoms with Gasteiger partial charge in [0, 0.05) is 13.1 Å². The van der Waals surface area contributed by atoms with Crippen molar-refractivity contribution in [3.63, 3.8) is 0 Å². The number of fused-ring (bicyclic) bond motifs is 1. The summed E-state index contributed by atoms with van der Waals surface area (Å²) in [7, 11) is 5.17. The van der Waals surface area contributed by atoms with Crippen molar-refractivity contribution in [3.8, 4) is 11.5 Å². The number of aliphatic imine (C=N–C) groups is 1. The van der Waals surface area contributed by atoms with Gasteiger partial charge in [-0.3, -0.25) is 0 Å². The second-order valence-electron chi connectivity index (χ2n) is 5.47. The van der Waals surface area contributed by atoms with Crippen LogP contribution in [0.2, 0.25) is 0 Å². The van der Waals surface area contributed by atoms with Gasteiger partial charge in [-0.25, -0.2) is 9.98 Å². The number of benzene rings is 2. The highest BCUT2D eigenvalue weighted by Crippen LogP contribution is 2.28. The summed E-state index contributed by atoms with van der Waals surface area (Å²) < 4.78 is 12.6. The Hall–Kier alpha value is -2.49. The van der Waals surface area contributed by atoms with Crippen molar-refractivity contribution in [3.05, 3.63) is 48.3 Å². The van der Waals surface area contributed by atoms with Crippen LogP contribution < -0.4 is 20.5 Å². The minimum absolute atomic E-state index is 0. The van der Waals surface area contributed by atoms with Gasteiger partial charge in [0.05, 0.1) is 30.9 Å². The molecule has 3 rings (SSSR count). The Balaban J connectivity index is 0.00000243. The number of halogens is 1. The molecule has 0 aliphatic carbocycles. The van der Waals surface area contributed by atoms with Crippen LogP contribution in [0.5, 0.6) is 11.5 Å². The number of aromatic nitrogens is 2. The third-order valence-electron chi connectivity index (χ3n) is 3.94. The Morgan fingerprint density at radius 3 is 2.65 bits per heavy atom.